The van der Waals surface area contributed by atoms with Crippen LogP contribution < -0.4 is 0 Å². The Bertz CT molecular complexity index is 239. The van der Waals surface area contributed by atoms with Crippen molar-refractivity contribution in [3.63, 3.8) is 0 Å². The maximum Gasteiger partial charge on any atom is 0.320 e. The Labute approximate surface area is 105 Å². The Balaban J connectivity index is 2.57. The lowest BCUT2D eigenvalue weighted by molar-refractivity contribution is -0.144. The predicted octanol–water partition coefficient (Wildman–Crippen LogP) is 3.14. The third kappa shape index (κ3) is 3.44. The zero-order chi connectivity index (χ0) is 12.9. The number of hydrogen-bond donors (Lipinski definition) is 1. The first-order valence-electron chi connectivity index (χ1n) is 7.05. The molecular weight excluding hydrogens is 214 g/mol. The Hall–Kier alpha value is -0.570. The molecule has 1 rings (SSSR count). The van der Waals surface area contributed by atoms with Crippen molar-refractivity contribution in [2.24, 2.45) is 5.41 Å². The number of carboxylic acids is 1. The van der Waals surface area contributed by atoms with E-state index in [1.54, 1.807) is 0 Å². The predicted molar refractivity (Wildman–Crippen MR) is 70.2 cm³/mol. The molecule has 0 aromatic rings. The van der Waals surface area contributed by atoms with E-state index in [2.05, 4.69) is 25.7 Å². The lowest BCUT2D eigenvalue weighted by Crippen LogP contribution is -2.48. The topological polar surface area (TPSA) is 40.5 Å². The van der Waals surface area contributed by atoms with Crippen LogP contribution in [0.2, 0.25) is 0 Å². The molecule has 1 atom stereocenters. The van der Waals surface area contributed by atoms with Crippen molar-refractivity contribution < 1.29 is 9.90 Å². The molecule has 0 aliphatic carbocycles. The van der Waals surface area contributed by atoms with Gasteiger partial charge in [-0.2, -0.15) is 0 Å². The summed E-state index contributed by atoms with van der Waals surface area (Å²) in [6.45, 7) is 8.50. The van der Waals surface area contributed by atoms with Gasteiger partial charge < -0.3 is 5.11 Å². The van der Waals surface area contributed by atoms with Crippen LogP contribution in [-0.4, -0.2) is 35.1 Å². The van der Waals surface area contributed by atoms with Gasteiger partial charge >= 0.3 is 5.97 Å². The Morgan fingerprint density at radius 1 is 1.24 bits per heavy atom. The van der Waals surface area contributed by atoms with Gasteiger partial charge in [0.05, 0.1) is 0 Å². The summed E-state index contributed by atoms with van der Waals surface area (Å²) in [5.74, 6) is -0.646. The molecule has 1 heterocycles. The van der Waals surface area contributed by atoms with Gasteiger partial charge in [-0.25, -0.2) is 0 Å². The van der Waals surface area contributed by atoms with Crippen LogP contribution in [0.4, 0.5) is 0 Å². The van der Waals surface area contributed by atoms with Crippen molar-refractivity contribution in [1.29, 1.82) is 0 Å². The largest absolute Gasteiger partial charge is 0.480 e. The number of aliphatic carboxylic acids is 1. The molecule has 1 unspecified atom stereocenters. The van der Waals surface area contributed by atoms with Crippen molar-refractivity contribution in [2.75, 3.05) is 13.1 Å². The fourth-order valence-corrected chi connectivity index (χ4v) is 3.00. The number of piperidine rings is 1. The fraction of sp³-hybridized carbons (Fsp3) is 0.929. The summed E-state index contributed by atoms with van der Waals surface area (Å²) in [4.78, 5) is 13.4. The van der Waals surface area contributed by atoms with Crippen LogP contribution in [-0.2, 0) is 4.79 Å². The smallest absolute Gasteiger partial charge is 0.320 e. The van der Waals surface area contributed by atoms with Crippen LogP contribution in [0.3, 0.4) is 0 Å². The first kappa shape index (κ1) is 14.5. The van der Waals surface area contributed by atoms with E-state index in [-0.39, 0.29) is 6.04 Å². The van der Waals surface area contributed by atoms with Crippen molar-refractivity contribution in [1.82, 2.24) is 4.90 Å². The average Bonchev–Trinajstić information content (AvgIpc) is 2.36. The van der Waals surface area contributed by atoms with Gasteiger partial charge in [-0.3, -0.25) is 9.69 Å². The van der Waals surface area contributed by atoms with E-state index in [1.165, 1.54) is 12.8 Å². The third-order valence-electron chi connectivity index (χ3n) is 4.65. The summed E-state index contributed by atoms with van der Waals surface area (Å²) in [6, 6.07) is -0.258. The van der Waals surface area contributed by atoms with Gasteiger partial charge in [-0.1, -0.05) is 40.0 Å². The highest BCUT2D eigenvalue weighted by Gasteiger charge is 2.35. The van der Waals surface area contributed by atoms with Gasteiger partial charge in [-0.15, -0.1) is 0 Å². The maximum atomic E-state index is 11.2. The number of carbonyl (C=O) groups is 1. The van der Waals surface area contributed by atoms with E-state index in [0.717, 1.165) is 38.8 Å². The van der Waals surface area contributed by atoms with Gasteiger partial charge in [0.2, 0.25) is 0 Å². The molecular formula is C14H27NO2. The molecule has 17 heavy (non-hydrogen) atoms. The van der Waals surface area contributed by atoms with Gasteiger partial charge in [0, 0.05) is 0 Å². The highest BCUT2D eigenvalue weighted by Crippen LogP contribution is 2.38. The minimum Gasteiger partial charge on any atom is -0.480 e. The Morgan fingerprint density at radius 2 is 1.76 bits per heavy atom. The van der Waals surface area contributed by atoms with Gasteiger partial charge in [0.15, 0.2) is 0 Å². The lowest BCUT2D eigenvalue weighted by atomic mass is 9.74. The highest BCUT2D eigenvalue weighted by molar-refractivity contribution is 5.73. The molecule has 1 fully saturated rings. The molecule has 3 heteroatoms. The van der Waals surface area contributed by atoms with Crippen LogP contribution >= 0.6 is 0 Å². The number of carboxylic acid groups (broad SMARTS) is 1. The first-order chi connectivity index (χ1) is 8.08. The van der Waals surface area contributed by atoms with Crippen molar-refractivity contribution in [3.05, 3.63) is 0 Å². The zero-order valence-corrected chi connectivity index (χ0v) is 11.5. The Kier molecular flexibility index (Phi) is 5.44. The van der Waals surface area contributed by atoms with Gasteiger partial charge in [0.1, 0.15) is 6.04 Å². The van der Waals surface area contributed by atoms with E-state index >= 15 is 0 Å². The molecule has 0 spiro atoms. The highest BCUT2D eigenvalue weighted by atomic mass is 16.4. The summed E-state index contributed by atoms with van der Waals surface area (Å²) in [5.41, 5.74) is 0.478. The molecule has 0 radical (unpaired) electrons. The molecule has 0 amide bonds. The van der Waals surface area contributed by atoms with Gasteiger partial charge in [0.25, 0.3) is 0 Å². The second-order valence-corrected chi connectivity index (χ2v) is 5.39. The minimum absolute atomic E-state index is 0.258. The summed E-state index contributed by atoms with van der Waals surface area (Å²) in [7, 11) is 0. The molecule has 0 saturated carbocycles. The quantitative estimate of drug-likeness (QED) is 0.776. The van der Waals surface area contributed by atoms with E-state index in [4.69, 9.17) is 0 Å². The molecule has 1 saturated heterocycles. The molecule has 0 aromatic heterocycles. The van der Waals surface area contributed by atoms with Gasteiger partial charge in [-0.05, 0) is 37.8 Å². The molecule has 1 aliphatic heterocycles. The average molecular weight is 241 g/mol. The minimum atomic E-state index is -0.646. The number of hydrogen-bond acceptors (Lipinski definition) is 2. The molecule has 100 valence electrons. The maximum absolute atomic E-state index is 11.2. The van der Waals surface area contributed by atoms with Crippen molar-refractivity contribution in [2.45, 2.75) is 65.3 Å². The molecule has 0 bridgehead atoms. The summed E-state index contributed by atoms with van der Waals surface area (Å²) in [6.07, 6.45) is 6.49. The van der Waals surface area contributed by atoms with Crippen LogP contribution in [0.15, 0.2) is 0 Å². The zero-order valence-electron chi connectivity index (χ0n) is 11.5. The van der Waals surface area contributed by atoms with Crippen LogP contribution in [0, 0.1) is 5.41 Å². The lowest BCUT2D eigenvalue weighted by Gasteiger charge is -2.43. The van der Waals surface area contributed by atoms with E-state index < -0.39 is 5.97 Å². The summed E-state index contributed by atoms with van der Waals surface area (Å²) in [5, 5.41) is 9.26. The SMILES string of the molecule is CCCC(C(=O)O)N1CCC(CC)(CC)CC1. The summed E-state index contributed by atoms with van der Waals surface area (Å²) < 4.78 is 0. The second kappa shape index (κ2) is 6.39. The van der Waals surface area contributed by atoms with E-state index in [1.807, 2.05) is 0 Å². The van der Waals surface area contributed by atoms with E-state index in [0.29, 0.717) is 5.41 Å². The van der Waals surface area contributed by atoms with Crippen molar-refractivity contribution >= 4 is 5.97 Å². The van der Waals surface area contributed by atoms with Crippen LogP contribution in [0.5, 0.6) is 0 Å². The second-order valence-electron chi connectivity index (χ2n) is 5.39. The Morgan fingerprint density at radius 3 is 2.12 bits per heavy atom. The normalized spacial score (nSPS) is 22.3. The number of nitrogens with zero attached hydrogens (tertiary/aromatic N) is 1. The van der Waals surface area contributed by atoms with Crippen molar-refractivity contribution in [3.8, 4) is 0 Å². The monoisotopic (exact) mass is 241 g/mol. The summed E-state index contributed by atoms with van der Waals surface area (Å²) >= 11 is 0. The third-order valence-corrected chi connectivity index (χ3v) is 4.65. The number of rotatable bonds is 6. The van der Waals surface area contributed by atoms with Crippen LogP contribution in [0.25, 0.3) is 0 Å². The van der Waals surface area contributed by atoms with E-state index in [9.17, 15) is 9.90 Å². The molecule has 1 N–H and O–H groups in total. The fourth-order valence-electron chi connectivity index (χ4n) is 3.00. The number of likely N-dealkylation sites (tertiary alicyclic amines) is 1. The standard InChI is InChI=1S/C14H27NO2/c1-4-7-12(13(16)17)15-10-8-14(5-2,6-3)9-11-15/h12H,4-11H2,1-3H3,(H,16,17). The molecule has 0 aromatic carbocycles. The van der Waals surface area contributed by atoms with Crippen LogP contribution in [0.1, 0.15) is 59.3 Å². The molecule has 1 aliphatic rings. The molecule has 3 nitrogen and oxygen atoms in total. The first-order valence-corrected chi connectivity index (χ1v) is 7.05.